The van der Waals surface area contributed by atoms with Crippen LogP contribution in [0.25, 0.3) is 11.0 Å². The molecule has 8 nitrogen and oxygen atoms in total. The fraction of sp³-hybridized carbons (Fsp3) is 0.417. The van der Waals surface area contributed by atoms with E-state index in [2.05, 4.69) is 9.97 Å². The Balaban J connectivity index is 2.14. The van der Waals surface area contributed by atoms with E-state index in [1.54, 1.807) is 0 Å². The number of alkyl halides is 1. The minimum absolute atomic E-state index is 0.179. The Morgan fingerprint density at radius 2 is 2.29 bits per heavy atom. The van der Waals surface area contributed by atoms with Gasteiger partial charge < -0.3 is 25.3 Å². The summed E-state index contributed by atoms with van der Waals surface area (Å²) in [5.41, 5.74) is 6.46. The number of aliphatic hydroxyl groups is 2. The minimum atomic E-state index is -1.02. The molecule has 9 heteroatoms. The Morgan fingerprint density at radius 3 is 2.90 bits per heavy atom. The molecule has 4 atom stereocenters. The second-order valence-electron chi connectivity index (χ2n) is 4.70. The van der Waals surface area contributed by atoms with E-state index < -0.39 is 23.8 Å². The summed E-state index contributed by atoms with van der Waals surface area (Å²) in [6, 6.07) is 2.01. The molecule has 1 aliphatic heterocycles. The summed E-state index contributed by atoms with van der Waals surface area (Å²) >= 11 is 6.16. The molecule has 0 aliphatic carbocycles. The van der Waals surface area contributed by atoms with E-state index in [9.17, 15) is 15.5 Å². The summed E-state index contributed by atoms with van der Waals surface area (Å²) in [5.74, 6) is 0.179. The van der Waals surface area contributed by atoms with Crippen molar-refractivity contribution in [3.05, 3.63) is 18.1 Å². The lowest BCUT2D eigenvalue weighted by molar-refractivity contribution is -0.0429. The molecule has 110 valence electrons. The van der Waals surface area contributed by atoms with E-state index in [1.165, 1.54) is 17.1 Å². The lowest BCUT2D eigenvalue weighted by atomic mass is 10.2. The molecule has 2 aromatic rings. The molecule has 3 rings (SSSR count). The highest BCUT2D eigenvalue weighted by molar-refractivity contribution is 6.21. The summed E-state index contributed by atoms with van der Waals surface area (Å²) in [6.45, 7) is -0.359. The molecule has 0 aromatic carbocycles. The average molecular weight is 310 g/mol. The van der Waals surface area contributed by atoms with Crippen molar-refractivity contribution in [1.82, 2.24) is 14.5 Å². The maximum Gasteiger partial charge on any atom is 0.154 e. The smallest absolute Gasteiger partial charge is 0.154 e. The zero-order chi connectivity index (χ0) is 15.1. The highest BCUT2D eigenvalue weighted by Gasteiger charge is 2.44. The van der Waals surface area contributed by atoms with Gasteiger partial charge in [0.15, 0.2) is 6.23 Å². The average Bonchev–Trinajstić information content (AvgIpc) is 2.99. The Bertz CT molecular complexity index is 727. The number of aliphatic hydroxyl groups excluding tert-OH is 2. The number of halogens is 1. The lowest BCUT2D eigenvalue weighted by Crippen LogP contribution is -2.29. The third-order valence-electron chi connectivity index (χ3n) is 3.51. The summed E-state index contributed by atoms with van der Waals surface area (Å²) < 4.78 is 7.08. The molecular weight excluding hydrogens is 298 g/mol. The van der Waals surface area contributed by atoms with Crippen molar-refractivity contribution in [2.45, 2.75) is 23.8 Å². The number of nitrogen functional groups attached to an aromatic ring is 1. The molecule has 0 amide bonds. The van der Waals surface area contributed by atoms with Gasteiger partial charge in [-0.05, 0) is 0 Å². The zero-order valence-corrected chi connectivity index (χ0v) is 11.5. The van der Waals surface area contributed by atoms with Gasteiger partial charge in [0.25, 0.3) is 0 Å². The predicted octanol–water partition coefficient (Wildman–Crippen LogP) is -0.257. The van der Waals surface area contributed by atoms with Gasteiger partial charge in [-0.3, -0.25) is 0 Å². The van der Waals surface area contributed by atoms with Crippen molar-refractivity contribution in [1.29, 1.82) is 5.26 Å². The van der Waals surface area contributed by atoms with Crippen molar-refractivity contribution in [2.75, 3.05) is 12.3 Å². The predicted molar refractivity (Wildman–Crippen MR) is 73.3 cm³/mol. The monoisotopic (exact) mass is 309 g/mol. The number of nitrogens with two attached hydrogens (primary N) is 1. The van der Waals surface area contributed by atoms with Gasteiger partial charge in [0.1, 0.15) is 41.4 Å². The van der Waals surface area contributed by atoms with Crippen LogP contribution in [0.4, 0.5) is 5.82 Å². The SMILES string of the molecule is N#Cc1cn([C@@H]2O[C@H](CO)[C@@H](O)[C@@H]2Cl)c2ncnc(N)c12. The van der Waals surface area contributed by atoms with Gasteiger partial charge in [0.05, 0.1) is 17.6 Å². The maximum atomic E-state index is 9.93. The van der Waals surface area contributed by atoms with Crippen LogP contribution < -0.4 is 5.73 Å². The first kappa shape index (κ1) is 14.0. The lowest BCUT2D eigenvalue weighted by Gasteiger charge is -2.16. The van der Waals surface area contributed by atoms with Gasteiger partial charge in [-0.1, -0.05) is 0 Å². The molecule has 0 radical (unpaired) electrons. The van der Waals surface area contributed by atoms with Gasteiger partial charge in [0, 0.05) is 6.20 Å². The number of aromatic nitrogens is 3. The summed E-state index contributed by atoms with van der Waals surface area (Å²) in [6.07, 6.45) is 0.191. The highest BCUT2D eigenvalue weighted by Crippen LogP contribution is 2.36. The van der Waals surface area contributed by atoms with E-state index in [0.717, 1.165) is 0 Å². The number of rotatable bonds is 2. The van der Waals surface area contributed by atoms with Crippen molar-refractivity contribution >= 4 is 28.5 Å². The molecule has 4 N–H and O–H groups in total. The minimum Gasteiger partial charge on any atom is -0.394 e. The molecule has 0 saturated carbocycles. The van der Waals surface area contributed by atoms with Crippen molar-refractivity contribution in [3.63, 3.8) is 0 Å². The number of hydrogen-bond donors (Lipinski definition) is 3. The summed E-state index contributed by atoms with van der Waals surface area (Å²) in [4.78, 5) is 7.96. The third kappa shape index (κ3) is 2.02. The normalized spacial score (nSPS) is 28.9. The Kier molecular flexibility index (Phi) is 3.43. The maximum absolute atomic E-state index is 9.93. The highest BCUT2D eigenvalue weighted by atomic mass is 35.5. The zero-order valence-electron chi connectivity index (χ0n) is 10.7. The second kappa shape index (κ2) is 5.13. The number of anilines is 1. The number of fused-ring (bicyclic) bond motifs is 1. The summed E-state index contributed by atoms with van der Waals surface area (Å²) in [7, 11) is 0. The molecule has 1 saturated heterocycles. The second-order valence-corrected chi connectivity index (χ2v) is 5.21. The van der Waals surface area contributed by atoms with Crippen molar-refractivity contribution in [2.24, 2.45) is 0 Å². The van der Waals surface area contributed by atoms with Crippen LogP contribution >= 0.6 is 11.6 Å². The molecular formula is C12H12ClN5O3. The first-order chi connectivity index (χ1) is 10.1. The van der Waals surface area contributed by atoms with Gasteiger partial charge in [-0.2, -0.15) is 5.26 Å². The third-order valence-corrected chi connectivity index (χ3v) is 3.98. The number of ether oxygens (including phenoxy) is 1. The van der Waals surface area contributed by atoms with Crippen LogP contribution in [0.1, 0.15) is 11.8 Å². The van der Waals surface area contributed by atoms with Crippen molar-refractivity contribution < 1.29 is 14.9 Å². The van der Waals surface area contributed by atoms with Crippen LogP contribution in [0.3, 0.4) is 0 Å². The molecule has 1 fully saturated rings. The van der Waals surface area contributed by atoms with E-state index >= 15 is 0 Å². The first-order valence-electron chi connectivity index (χ1n) is 6.18. The molecule has 0 spiro atoms. The van der Waals surface area contributed by atoms with E-state index in [-0.39, 0.29) is 18.0 Å². The standard InChI is InChI=1S/C12H12ClN5O3/c13-8-9(20)6(3-19)21-12(8)18-2-5(1-14)7-10(15)16-4-17-11(7)18/h2,4,6,8-9,12,19-20H,3H2,(H2,15,16,17)/t6-,8+,9-,12-/m1/s1. The van der Waals surface area contributed by atoms with Crippen LogP contribution in [0.5, 0.6) is 0 Å². The number of nitriles is 1. The molecule has 0 unspecified atom stereocenters. The van der Waals surface area contributed by atoms with E-state index in [0.29, 0.717) is 11.0 Å². The molecule has 3 heterocycles. The van der Waals surface area contributed by atoms with Crippen LogP contribution in [-0.4, -0.2) is 48.9 Å². The van der Waals surface area contributed by atoms with E-state index in [1.807, 2.05) is 6.07 Å². The Hall–Kier alpha value is -1.92. The number of hydrogen-bond acceptors (Lipinski definition) is 7. The van der Waals surface area contributed by atoms with Crippen LogP contribution in [0.2, 0.25) is 0 Å². The van der Waals surface area contributed by atoms with Crippen LogP contribution in [-0.2, 0) is 4.74 Å². The molecule has 0 bridgehead atoms. The fourth-order valence-electron chi connectivity index (χ4n) is 2.47. The van der Waals surface area contributed by atoms with Gasteiger partial charge in [-0.15, -0.1) is 11.6 Å². The Morgan fingerprint density at radius 1 is 1.52 bits per heavy atom. The fourth-order valence-corrected chi connectivity index (χ4v) is 2.81. The molecule has 21 heavy (non-hydrogen) atoms. The molecule has 1 aliphatic rings. The van der Waals surface area contributed by atoms with Crippen molar-refractivity contribution in [3.8, 4) is 6.07 Å². The Labute approximate surface area is 124 Å². The van der Waals surface area contributed by atoms with Gasteiger partial charge in [-0.25, -0.2) is 9.97 Å². The van der Waals surface area contributed by atoms with Gasteiger partial charge >= 0.3 is 0 Å². The van der Waals surface area contributed by atoms with E-state index in [4.69, 9.17) is 22.1 Å². The molecule has 2 aromatic heterocycles. The quantitative estimate of drug-likeness (QED) is 0.652. The van der Waals surface area contributed by atoms with Crippen LogP contribution in [0, 0.1) is 11.3 Å². The first-order valence-corrected chi connectivity index (χ1v) is 6.61. The summed E-state index contributed by atoms with van der Waals surface area (Å²) in [5, 5.41) is 27.9. The van der Waals surface area contributed by atoms with Crippen LogP contribution in [0.15, 0.2) is 12.5 Å². The largest absolute Gasteiger partial charge is 0.394 e. The number of nitrogens with zero attached hydrogens (tertiary/aromatic N) is 4. The topological polar surface area (TPSA) is 130 Å². The van der Waals surface area contributed by atoms with Gasteiger partial charge in [0.2, 0.25) is 0 Å².